The van der Waals surface area contributed by atoms with Crippen LogP contribution < -0.4 is 10.2 Å². The Hall–Kier alpha value is -3.28. The molecule has 1 saturated heterocycles. The van der Waals surface area contributed by atoms with Gasteiger partial charge in [0.1, 0.15) is 0 Å². The smallest absolute Gasteiger partial charge is 0.255 e. The van der Waals surface area contributed by atoms with Crippen LogP contribution in [0.5, 0.6) is 0 Å². The minimum atomic E-state index is -0.202. The molecule has 2 amide bonds. The zero-order valence-electron chi connectivity index (χ0n) is 16.2. The van der Waals surface area contributed by atoms with Crippen LogP contribution in [0.15, 0.2) is 36.4 Å². The number of hydrogen-bond acceptors (Lipinski definition) is 4. The first-order chi connectivity index (χ1) is 13.4. The maximum Gasteiger partial charge on any atom is 0.255 e. The van der Waals surface area contributed by atoms with Gasteiger partial charge in [0, 0.05) is 29.9 Å². The molecule has 6 nitrogen and oxygen atoms in total. The standard InChI is InChI=1S/C22H22N4O2/c1-13-11-17(7-9-20(13)26-10-4-5-21(26)27)25-22(28)16-6-8-18-19(12-16)24-15(3)14(2)23-18/h6-9,11-12H,4-5,10H2,1-3H3,(H,25,28). The van der Waals surface area contributed by atoms with Crippen LogP contribution in [0.25, 0.3) is 11.0 Å². The van der Waals surface area contributed by atoms with Gasteiger partial charge in [-0.25, -0.2) is 9.97 Å². The third-order valence-electron chi connectivity index (χ3n) is 5.16. The number of amides is 2. The van der Waals surface area contributed by atoms with E-state index >= 15 is 0 Å². The zero-order valence-corrected chi connectivity index (χ0v) is 16.2. The van der Waals surface area contributed by atoms with Gasteiger partial charge in [0.2, 0.25) is 5.91 Å². The summed E-state index contributed by atoms with van der Waals surface area (Å²) < 4.78 is 0. The third kappa shape index (κ3) is 3.33. The Morgan fingerprint density at radius 1 is 1.00 bits per heavy atom. The summed E-state index contributed by atoms with van der Waals surface area (Å²) >= 11 is 0. The van der Waals surface area contributed by atoms with Crippen molar-refractivity contribution in [2.75, 3.05) is 16.8 Å². The molecule has 2 aromatic carbocycles. The lowest BCUT2D eigenvalue weighted by atomic mass is 10.1. The van der Waals surface area contributed by atoms with Crippen molar-refractivity contribution in [2.24, 2.45) is 0 Å². The molecule has 0 bridgehead atoms. The molecule has 2 heterocycles. The molecule has 6 heteroatoms. The van der Waals surface area contributed by atoms with Gasteiger partial charge in [-0.05, 0) is 69.2 Å². The van der Waals surface area contributed by atoms with Crippen molar-refractivity contribution in [1.29, 1.82) is 0 Å². The van der Waals surface area contributed by atoms with Gasteiger partial charge >= 0.3 is 0 Å². The quantitative estimate of drug-likeness (QED) is 0.754. The Morgan fingerprint density at radius 3 is 2.43 bits per heavy atom. The maximum atomic E-state index is 12.7. The maximum absolute atomic E-state index is 12.7. The van der Waals surface area contributed by atoms with Gasteiger partial charge < -0.3 is 10.2 Å². The summed E-state index contributed by atoms with van der Waals surface area (Å²) in [7, 11) is 0. The first-order valence-electron chi connectivity index (χ1n) is 9.40. The van der Waals surface area contributed by atoms with Crippen molar-refractivity contribution in [3.8, 4) is 0 Å². The molecule has 1 aliphatic heterocycles. The van der Waals surface area contributed by atoms with Gasteiger partial charge in [-0.15, -0.1) is 0 Å². The van der Waals surface area contributed by atoms with Crippen LogP contribution in [0.2, 0.25) is 0 Å². The number of aromatic nitrogens is 2. The second-order valence-electron chi connectivity index (χ2n) is 7.20. The van der Waals surface area contributed by atoms with Gasteiger partial charge in [0.05, 0.1) is 22.4 Å². The van der Waals surface area contributed by atoms with E-state index in [1.807, 2.05) is 49.9 Å². The molecule has 1 fully saturated rings. The summed E-state index contributed by atoms with van der Waals surface area (Å²) in [6.45, 7) is 6.53. The molecule has 0 spiro atoms. The first-order valence-corrected chi connectivity index (χ1v) is 9.40. The number of nitrogens with one attached hydrogen (secondary N) is 1. The van der Waals surface area contributed by atoms with Crippen molar-refractivity contribution in [1.82, 2.24) is 9.97 Å². The van der Waals surface area contributed by atoms with Crippen molar-refractivity contribution < 1.29 is 9.59 Å². The average molecular weight is 374 g/mol. The Labute approximate surface area is 163 Å². The minimum Gasteiger partial charge on any atom is -0.322 e. The SMILES string of the molecule is Cc1cc(NC(=O)c2ccc3nc(C)c(C)nc3c2)ccc1N1CCCC1=O. The van der Waals surface area contributed by atoms with Crippen molar-refractivity contribution in [3.63, 3.8) is 0 Å². The van der Waals surface area contributed by atoms with Crippen LogP contribution in [0.1, 0.15) is 40.2 Å². The molecule has 4 rings (SSSR count). The minimum absolute atomic E-state index is 0.155. The van der Waals surface area contributed by atoms with Gasteiger partial charge in [0.25, 0.3) is 5.91 Å². The van der Waals surface area contributed by atoms with Crippen molar-refractivity contribution >= 4 is 34.2 Å². The zero-order chi connectivity index (χ0) is 19.8. The molecule has 142 valence electrons. The fourth-order valence-corrected chi connectivity index (χ4v) is 3.51. The fourth-order valence-electron chi connectivity index (χ4n) is 3.51. The van der Waals surface area contributed by atoms with E-state index in [4.69, 9.17) is 0 Å². The fraction of sp³-hybridized carbons (Fsp3) is 0.273. The molecule has 0 unspecified atom stereocenters. The van der Waals surface area contributed by atoms with Gasteiger partial charge in [0.15, 0.2) is 0 Å². The number of fused-ring (bicyclic) bond motifs is 1. The summed E-state index contributed by atoms with van der Waals surface area (Å²) in [6.07, 6.45) is 1.49. The molecule has 1 N–H and O–H groups in total. The number of anilines is 2. The molecule has 3 aromatic rings. The molecule has 0 atom stereocenters. The molecular weight excluding hydrogens is 352 g/mol. The van der Waals surface area contributed by atoms with Crippen LogP contribution in [0, 0.1) is 20.8 Å². The van der Waals surface area contributed by atoms with Crippen LogP contribution in [-0.2, 0) is 4.79 Å². The number of hydrogen-bond donors (Lipinski definition) is 1. The highest BCUT2D eigenvalue weighted by molar-refractivity contribution is 6.06. The van der Waals surface area contributed by atoms with E-state index < -0.39 is 0 Å². The highest BCUT2D eigenvalue weighted by atomic mass is 16.2. The van der Waals surface area contributed by atoms with E-state index in [-0.39, 0.29) is 11.8 Å². The van der Waals surface area contributed by atoms with Crippen LogP contribution in [0.4, 0.5) is 11.4 Å². The summed E-state index contributed by atoms with van der Waals surface area (Å²) in [5.41, 5.74) is 6.32. The van der Waals surface area contributed by atoms with Crippen LogP contribution in [0.3, 0.4) is 0 Å². The van der Waals surface area contributed by atoms with E-state index in [1.54, 1.807) is 12.1 Å². The third-order valence-corrected chi connectivity index (χ3v) is 5.16. The number of nitrogens with zero attached hydrogens (tertiary/aromatic N) is 3. The molecule has 1 aromatic heterocycles. The van der Waals surface area contributed by atoms with Gasteiger partial charge in [-0.2, -0.15) is 0 Å². The molecule has 0 radical (unpaired) electrons. The lowest BCUT2D eigenvalue weighted by Gasteiger charge is -2.19. The predicted molar refractivity (Wildman–Crippen MR) is 110 cm³/mol. The topological polar surface area (TPSA) is 75.2 Å². The molecule has 1 aliphatic rings. The summed E-state index contributed by atoms with van der Waals surface area (Å²) in [5.74, 6) is -0.0472. The first kappa shape index (κ1) is 18.1. The predicted octanol–water partition coefficient (Wildman–Crippen LogP) is 3.93. The van der Waals surface area contributed by atoms with E-state index in [1.165, 1.54) is 0 Å². The molecular formula is C22H22N4O2. The molecule has 0 saturated carbocycles. The highest BCUT2D eigenvalue weighted by Crippen LogP contribution is 2.27. The molecule has 0 aliphatic carbocycles. The van der Waals surface area contributed by atoms with Gasteiger partial charge in [-0.3, -0.25) is 9.59 Å². The van der Waals surface area contributed by atoms with E-state index in [9.17, 15) is 9.59 Å². The Bertz CT molecular complexity index is 1110. The summed E-state index contributed by atoms with van der Waals surface area (Å²) in [5, 5.41) is 2.93. The largest absolute Gasteiger partial charge is 0.322 e. The monoisotopic (exact) mass is 374 g/mol. The Morgan fingerprint density at radius 2 is 1.75 bits per heavy atom. The lowest BCUT2D eigenvalue weighted by molar-refractivity contribution is -0.117. The van der Waals surface area contributed by atoms with Gasteiger partial charge in [-0.1, -0.05) is 0 Å². The normalized spacial score (nSPS) is 14.0. The van der Waals surface area contributed by atoms with E-state index in [0.29, 0.717) is 23.2 Å². The number of aryl methyl sites for hydroxylation is 3. The van der Waals surface area contributed by atoms with Crippen LogP contribution >= 0.6 is 0 Å². The van der Waals surface area contributed by atoms with E-state index in [0.717, 1.165) is 41.1 Å². The molecule has 28 heavy (non-hydrogen) atoms. The Kier molecular flexibility index (Phi) is 4.55. The lowest BCUT2D eigenvalue weighted by Crippen LogP contribution is -2.24. The van der Waals surface area contributed by atoms with E-state index in [2.05, 4.69) is 15.3 Å². The second-order valence-corrected chi connectivity index (χ2v) is 7.20. The number of carbonyl (C=O) groups is 2. The number of rotatable bonds is 3. The average Bonchev–Trinajstić information content (AvgIpc) is 3.08. The summed E-state index contributed by atoms with van der Waals surface area (Å²) in [4.78, 5) is 35.5. The van der Waals surface area contributed by atoms with Crippen LogP contribution in [-0.4, -0.2) is 28.3 Å². The number of carbonyl (C=O) groups excluding carboxylic acids is 2. The highest BCUT2D eigenvalue weighted by Gasteiger charge is 2.23. The Balaban J connectivity index is 1.56. The van der Waals surface area contributed by atoms with Crippen molar-refractivity contribution in [3.05, 3.63) is 58.9 Å². The second kappa shape index (κ2) is 7.03. The number of benzene rings is 2. The van der Waals surface area contributed by atoms with Crippen molar-refractivity contribution in [2.45, 2.75) is 33.6 Å². The summed E-state index contributed by atoms with van der Waals surface area (Å²) in [6, 6.07) is 11.0.